The SMILES string of the molecule is C[C@@H]1CC12CCCN2C(=O)OCc1ccccc1. The standard InChI is InChI=1S/C15H19NO2/c1-12-10-15(12)8-5-9-16(15)14(17)18-11-13-6-3-2-4-7-13/h2-4,6-7,12H,5,8-11H2,1H3/t12-,15?/m1/s1. The van der Waals surface area contributed by atoms with Crippen LogP contribution in [0.15, 0.2) is 30.3 Å². The van der Waals surface area contributed by atoms with Crippen LogP contribution >= 0.6 is 0 Å². The zero-order valence-electron chi connectivity index (χ0n) is 10.8. The molecule has 96 valence electrons. The van der Waals surface area contributed by atoms with Crippen LogP contribution in [-0.2, 0) is 11.3 Å². The summed E-state index contributed by atoms with van der Waals surface area (Å²) in [6.07, 6.45) is 3.27. The molecule has 0 bridgehead atoms. The number of hydrogen-bond acceptors (Lipinski definition) is 2. The molecule has 3 rings (SSSR count). The third-order valence-electron chi connectivity index (χ3n) is 4.37. The maximum atomic E-state index is 12.1. The van der Waals surface area contributed by atoms with Crippen LogP contribution in [0.1, 0.15) is 31.7 Å². The number of carbonyl (C=O) groups excluding carboxylic acids is 1. The van der Waals surface area contributed by atoms with Crippen LogP contribution in [0.3, 0.4) is 0 Å². The second-order valence-corrected chi connectivity index (χ2v) is 5.50. The van der Waals surface area contributed by atoms with Crippen LogP contribution in [0.2, 0.25) is 0 Å². The summed E-state index contributed by atoms with van der Waals surface area (Å²) in [5.41, 5.74) is 1.19. The monoisotopic (exact) mass is 245 g/mol. The number of rotatable bonds is 2. The molecule has 1 aromatic rings. The maximum absolute atomic E-state index is 12.1. The van der Waals surface area contributed by atoms with E-state index in [9.17, 15) is 4.79 Å². The van der Waals surface area contributed by atoms with Gasteiger partial charge in [-0.3, -0.25) is 0 Å². The fourth-order valence-electron chi connectivity index (χ4n) is 3.17. The van der Waals surface area contributed by atoms with Gasteiger partial charge in [0.25, 0.3) is 0 Å². The van der Waals surface area contributed by atoms with Gasteiger partial charge >= 0.3 is 6.09 Å². The Morgan fingerprint density at radius 3 is 2.83 bits per heavy atom. The first-order valence-electron chi connectivity index (χ1n) is 6.71. The lowest BCUT2D eigenvalue weighted by Crippen LogP contribution is -2.38. The fraction of sp³-hybridized carbons (Fsp3) is 0.533. The number of carbonyl (C=O) groups is 1. The van der Waals surface area contributed by atoms with Crippen LogP contribution in [0.5, 0.6) is 0 Å². The molecule has 18 heavy (non-hydrogen) atoms. The smallest absolute Gasteiger partial charge is 0.410 e. The van der Waals surface area contributed by atoms with Crippen LogP contribution in [-0.4, -0.2) is 23.1 Å². The molecule has 3 heteroatoms. The number of amides is 1. The predicted molar refractivity (Wildman–Crippen MR) is 69.1 cm³/mol. The van der Waals surface area contributed by atoms with Crippen molar-refractivity contribution in [2.75, 3.05) is 6.54 Å². The highest BCUT2D eigenvalue weighted by Crippen LogP contribution is 2.54. The molecule has 1 spiro atoms. The van der Waals surface area contributed by atoms with Crippen molar-refractivity contribution in [3.05, 3.63) is 35.9 Å². The molecule has 0 radical (unpaired) electrons. The van der Waals surface area contributed by atoms with E-state index in [0.29, 0.717) is 12.5 Å². The predicted octanol–water partition coefficient (Wildman–Crippen LogP) is 3.20. The van der Waals surface area contributed by atoms with Gasteiger partial charge in [0, 0.05) is 12.1 Å². The van der Waals surface area contributed by atoms with Crippen molar-refractivity contribution in [3.63, 3.8) is 0 Å². The minimum Gasteiger partial charge on any atom is -0.445 e. The molecule has 1 saturated carbocycles. The van der Waals surface area contributed by atoms with E-state index in [0.717, 1.165) is 31.4 Å². The van der Waals surface area contributed by atoms with Crippen LogP contribution < -0.4 is 0 Å². The van der Waals surface area contributed by atoms with Crippen molar-refractivity contribution in [3.8, 4) is 0 Å². The van der Waals surface area contributed by atoms with Crippen molar-refractivity contribution in [1.82, 2.24) is 4.90 Å². The number of nitrogens with zero attached hydrogens (tertiary/aromatic N) is 1. The van der Waals surface area contributed by atoms with Gasteiger partial charge in [0.15, 0.2) is 0 Å². The zero-order valence-corrected chi connectivity index (χ0v) is 10.8. The normalized spacial score (nSPS) is 29.6. The quantitative estimate of drug-likeness (QED) is 0.800. The number of likely N-dealkylation sites (tertiary alicyclic amines) is 1. The maximum Gasteiger partial charge on any atom is 0.410 e. The summed E-state index contributed by atoms with van der Waals surface area (Å²) < 4.78 is 5.42. The summed E-state index contributed by atoms with van der Waals surface area (Å²) in [5.74, 6) is 0.643. The van der Waals surface area contributed by atoms with Crippen molar-refractivity contribution in [2.45, 2.75) is 38.3 Å². The Morgan fingerprint density at radius 1 is 1.44 bits per heavy atom. The Balaban J connectivity index is 1.59. The summed E-state index contributed by atoms with van der Waals surface area (Å²) >= 11 is 0. The van der Waals surface area contributed by atoms with Gasteiger partial charge in [-0.1, -0.05) is 37.3 Å². The fourth-order valence-corrected chi connectivity index (χ4v) is 3.17. The van der Waals surface area contributed by atoms with Crippen LogP contribution in [0.4, 0.5) is 4.79 Å². The largest absolute Gasteiger partial charge is 0.445 e. The van der Waals surface area contributed by atoms with Crippen LogP contribution in [0, 0.1) is 5.92 Å². The van der Waals surface area contributed by atoms with E-state index in [1.54, 1.807) is 0 Å². The topological polar surface area (TPSA) is 29.5 Å². The van der Waals surface area contributed by atoms with Gasteiger partial charge in [0.1, 0.15) is 6.61 Å². The van der Waals surface area contributed by atoms with E-state index >= 15 is 0 Å². The van der Waals surface area contributed by atoms with Crippen molar-refractivity contribution in [2.24, 2.45) is 5.92 Å². The average molecular weight is 245 g/mol. The highest BCUT2D eigenvalue weighted by molar-refractivity contribution is 5.70. The molecule has 1 unspecified atom stereocenters. The summed E-state index contributed by atoms with van der Waals surface area (Å²) in [6, 6.07) is 9.85. The summed E-state index contributed by atoms with van der Waals surface area (Å²) in [4.78, 5) is 14.1. The molecule has 2 aliphatic rings. The first kappa shape index (κ1) is 11.6. The van der Waals surface area contributed by atoms with Crippen LogP contribution in [0.25, 0.3) is 0 Å². The number of hydrogen-bond donors (Lipinski definition) is 0. The Morgan fingerprint density at radius 2 is 2.17 bits per heavy atom. The minimum absolute atomic E-state index is 0.138. The third kappa shape index (κ3) is 1.88. The Hall–Kier alpha value is -1.51. The second kappa shape index (κ2) is 4.30. The number of benzene rings is 1. The first-order valence-corrected chi connectivity index (χ1v) is 6.71. The molecule has 1 amide bonds. The Labute approximate surface area is 108 Å². The van der Waals surface area contributed by atoms with Gasteiger partial charge in [0.2, 0.25) is 0 Å². The summed E-state index contributed by atoms with van der Waals surface area (Å²) in [5, 5.41) is 0. The van der Waals surface area contributed by atoms with E-state index < -0.39 is 0 Å². The highest BCUT2D eigenvalue weighted by Gasteiger charge is 2.59. The molecular formula is C15H19NO2. The van der Waals surface area contributed by atoms with Gasteiger partial charge in [-0.2, -0.15) is 0 Å². The summed E-state index contributed by atoms with van der Waals surface area (Å²) in [7, 11) is 0. The molecule has 1 aromatic carbocycles. The van der Waals surface area contributed by atoms with Gasteiger partial charge in [-0.25, -0.2) is 4.79 Å². The van der Waals surface area contributed by atoms with E-state index in [2.05, 4.69) is 6.92 Å². The zero-order chi connectivity index (χ0) is 12.6. The van der Waals surface area contributed by atoms with E-state index in [-0.39, 0.29) is 11.6 Å². The molecular weight excluding hydrogens is 226 g/mol. The lowest BCUT2D eigenvalue weighted by molar-refractivity contribution is 0.0858. The van der Waals surface area contributed by atoms with E-state index in [1.165, 1.54) is 0 Å². The van der Waals surface area contributed by atoms with Gasteiger partial charge in [-0.15, -0.1) is 0 Å². The minimum atomic E-state index is -0.138. The Bertz CT molecular complexity index is 445. The Kier molecular flexibility index (Phi) is 2.77. The second-order valence-electron chi connectivity index (χ2n) is 5.50. The van der Waals surface area contributed by atoms with Gasteiger partial charge in [-0.05, 0) is 30.7 Å². The lowest BCUT2D eigenvalue weighted by atomic mass is 10.1. The summed E-state index contributed by atoms with van der Waals surface area (Å²) in [6.45, 7) is 3.46. The third-order valence-corrected chi connectivity index (χ3v) is 4.37. The van der Waals surface area contributed by atoms with E-state index in [4.69, 9.17) is 4.74 Å². The molecule has 1 saturated heterocycles. The molecule has 1 aliphatic carbocycles. The van der Waals surface area contributed by atoms with Crippen molar-refractivity contribution >= 4 is 6.09 Å². The molecule has 1 heterocycles. The number of ether oxygens (including phenoxy) is 1. The van der Waals surface area contributed by atoms with E-state index in [1.807, 2.05) is 35.2 Å². The highest BCUT2D eigenvalue weighted by atomic mass is 16.6. The van der Waals surface area contributed by atoms with Gasteiger partial charge < -0.3 is 9.64 Å². The van der Waals surface area contributed by atoms with Crippen molar-refractivity contribution < 1.29 is 9.53 Å². The molecule has 0 N–H and O–H groups in total. The molecule has 1 aliphatic heterocycles. The molecule has 2 atom stereocenters. The lowest BCUT2D eigenvalue weighted by Gasteiger charge is -2.24. The van der Waals surface area contributed by atoms with Gasteiger partial charge in [0.05, 0.1) is 0 Å². The molecule has 3 nitrogen and oxygen atoms in total. The molecule has 2 fully saturated rings. The average Bonchev–Trinajstić information content (AvgIpc) is 2.85. The van der Waals surface area contributed by atoms with Crippen molar-refractivity contribution in [1.29, 1.82) is 0 Å². The molecule has 0 aromatic heterocycles. The first-order chi connectivity index (χ1) is 8.72.